The molecular formula is C15H17ClFN3O2S. The summed E-state index contributed by atoms with van der Waals surface area (Å²) in [6.45, 7) is 1.66. The number of nitrogens with zero attached hydrogens (tertiary/aromatic N) is 1. The van der Waals surface area contributed by atoms with Crippen LogP contribution < -0.4 is 10.6 Å². The topological polar surface area (TPSA) is 63.2 Å². The van der Waals surface area contributed by atoms with Crippen LogP contribution in [0.5, 0.6) is 0 Å². The molecule has 1 aliphatic heterocycles. The van der Waals surface area contributed by atoms with E-state index in [2.05, 4.69) is 15.6 Å². The van der Waals surface area contributed by atoms with E-state index in [0.717, 1.165) is 10.4 Å². The van der Waals surface area contributed by atoms with Crippen molar-refractivity contribution in [2.24, 2.45) is 0 Å². The van der Waals surface area contributed by atoms with Crippen LogP contribution in [0.4, 0.5) is 9.52 Å². The van der Waals surface area contributed by atoms with Gasteiger partial charge < -0.3 is 15.4 Å². The van der Waals surface area contributed by atoms with Gasteiger partial charge in [-0.3, -0.25) is 4.79 Å². The second-order valence-electron chi connectivity index (χ2n) is 5.01. The Labute approximate surface area is 143 Å². The van der Waals surface area contributed by atoms with Crippen molar-refractivity contribution in [3.63, 3.8) is 0 Å². The Bertz CT molecular complexity index is 662. The molecule has 1 atom stereocenters. The number of carbonyl (C=O) groups is 1. The fourth-order valence-electron chi connectivity index (χ4n) is 2.22. The van der Waals surface area contributed by atoms with Crippen LogP contribution in [0.25, 0.3) is 0 Å². The Morgan fingerprint density at radius 3 is 3.13 bits per heavy atom. The van der Waals surface area contributed by atoms with Gasteiger partial charge in [0.05, 0.1) is 13.2 Å². The summed E-state index contributed by atoms with van der Waals surface area (Å²) < 4.78 is 18.4. The number of anilines is 1. The van der Waals surface area contributed by atoms with E-state index in [9.17, 15) is 9.18 Å². The highest BCUT2D eigenvalue weighted by Crippen LogP contribution is 2.21. The minimum atomic E-state index is -0.343. The van der Waals surface area contributed by atoms with Crippen molar-refractivity contribution >= 4 is 34.8 Å². The third-order valence-corrected chi connectivity index (χ3v) is 4.20. The summed E-state index contributed by atoms with van der Waals surface area (Å²) in [5.41, 5.74) is 0.879. The number of thiazole rings is 1. The zero-order chi connectivity index (χ0) is 15.4. The lowest BCUT2D eigenvalue weighted by Gasteiger charge is -2.22. The number of nitrogens with one attached hydrogen (secondary N) is 2. The van der Waals surface area contributed by atoms with Gasteiger partial charge in [0.2, 0.25) is 5.91 Å². The fraction of sp³-hybridized carbons (Fsp3) is 0.333. The monoisotopic (exact) mass is 357 g/mol. The van der Waals surface area contributed by atoms with Gasteiger partial charge in [0.1, 0.15) is 11.9 Å². The van der Waals surface area contributed by atoms with Crippen molar-refractivity contribution in [2.75, 3.05) is 25.1 Å². The van der Waals surface area contributed by atoms with Crippen LogP contribution in [0.15, 0.2) is 30.5 Å². The van der Waals surface area contributed by atoms with Crippen LogP contribution in [0.3, 0.4) is 0 Å². The molecule has 3 rings (SSSR count). The van der Waals surface area contributed by atoms with E-state index in [-0.39, 0.29) is 30.2 Å². The van der Waals surface area contributed by atoms with E-state index in [4.69, 9.17) is 4.74 Å². The highest BCUT2D eigenvalue weighted by Gasteiger charge is 2.21. The molecule has 2 heterocycles. The molecule has 1 unspecified atom stereocenters. The van der Waals surface area contributed by atoms with Crippen LogP contribution in [0, 0.1) is 5.82 Å². The van der Waals surface area contributed by atoms with Gasteiger partial charge in [0.15, 0.2) is 5.13 Å². The third-order valence-electron chi connectivity index (χ3n) is 3.29. The number of carbonyl (C=O) groups excluding carboxylic acids is 1. The number of morpholine rings is 1. The van der Waals surface area contributed by atoms with E-state index in [0.29, 0.717) is 31.3 Å². The number of benzene rings is 1. The molecule has 0 aliphatic carbocycles. The zero-order valence-corrected chi connectivity index (χ0v) is 13.9. The number of amides is 1. The average Bonchev–Trinajstić information content (AvgIpc) is 2.95. The molecule has 1 fully saturated rings. The smallest absolute Gasteiger partial charge is 0.245 e. The van der Waals surface area contributed by atoms with Crippen LogP contribution in [-0.4, -0.2) is 36.7 Å². The number of hydrogen-bond acceptors (Lipinski definition) is 5. The number of ether oxygens (including phenoxy) is 1. The first-order chi connectivity index (χ1) is 10.7. The molecule has 2 aromatic rings. The lowest BCUT2D eigenvalue weighted by Crippen LogP contribution is -2.48. The highest BCUT2D eigenvalue weighted by molar-refractivity contribution is 7.15. The van der Waals surface area contributed by atoms with Crippen molar-refractivity contribution in [2.45, 2.75) is 12.5 Å². The summed E-state index contributed by atoms with van der Waals surface area (Å²) in [5, 5.41) is 6.42. The molecule has 1 saturated heterocycles. The standard InChI is InChI=1S/C15H16FN3O2S.ClH/c16-11-3-1-2-10(6-11)7-12-8-18-15(22-12)19-14(20)13-9-21-5-4-17-13;/h1-3,6,8,13,17H,4-5,7,9H2,(H,18,19,20);1H. The summed E-state index contributed by atoms with van der Waals surface area (Å²) in [4.78, 5) is 17.2. The van der Waals surface area contributed by atoms with E-state index in [1.165, 1.54) is 23.5 Å². The first-order valence-electron chi connectivity index (χ1n) is 7.02. The number of rotatable bonds is 4. The first-order valence-corrected chi connectivity index (χ1v) is 7.83. The number of aromatic nitrogens is 1. The molecule has 0 saturated carbocycles. The molecule has 5 nitrogen and oxygen atoms in total. The maximum atomic E-state index is 13.2. The Balaban J connectivity index is 0.00000192. The Kier molecular flexibility index (Phi) is 6.47. The second kappa shape index (κ2) is 8.35. The van der Waals surface area contributed by atoms with Gasteiger partial charge in [-0.1, -0.05) is 12.1 Å². The molecule has 1 aliphatic rings. The van der Waals surface area contributed by atoms with Crippen LogP contribution in [-0.2, 0) is 16.0 Å². The Morgan fingerprint density at radius 1 is 1.52 bits per heavy atom. The van der Waals surface area contributed by atoms with E-state index in [1.807, 2.05) is 6.07 Å². The van der Waals surface area contributed by atoms with Gasteiger partial charge in [-0.2, -0.15) is 0 Å². The fourth-order valence-corrected chi connectivity index (χ4v) is 3.07. The van der Waals surface area contributed by atoms with Gasteiger partial charge in [0, 0.05) is 24.0 Å². The van der Waals surface area contributed by atoms with Gasteiger partial charge in [0.25, 0.3) is 0 Å². The van der Waals surface area contributed by atoms with E-state index >= 15 is 0 Å². The lowest BCUT2D eigenvalue weighted by molar-refractivity contribution is -0.120. The quantitative estimate of drug-likeness (QED) is 0.880. The maximum Gasteiger partial charge on any atom is 0.245 e. The Hall–Kier alpha value is -1.54. The van der Waals surface area contributed by atoms with Crippen LogP contribution >= 0.6 is 23.7 Å². The number of hydrogen-bond donors (Lipinski definition) is 2. The predicted molar refractivity (Wildman–Crippen MR) is 89.8 cm³/mol. The van der Waals surface area contributed by atoms with Crippen molar-refractivity contribution < 1.29 is 13.9 Å². The summed E-state index contributed by atoms with van der Waals surface area (Å²) >= 11 is 1.39. The first kappa shape index (κ1) is 17.8. The molecule has 2 N–H and O–H groups in total. The molecule has 1 aromatic carbocycles. The number of halogens is 2. The molecule has 1 amide bonds. The molecule has 0 bridgehead atoms. The SMILES string of the molecule is Cl.O=C(Nc1ncc(Cc2cccc(F)c2)s1)C1COCCN1. The predicted octanol–water partition coefficient (Wildman–Crippen LogP) is 2.22. The second-order valence-corrected chi connectivity index (χ2v) is 6.12. The highest BCUT2D eigenvalue weighted by atomic mass is 35.5. The summed E-state index contributed by atoms with van der Waals surface area (Å²) in [5.74, 6) is -0.398. The van der Waals surface area contributed by atoms with Crippen LogP contribution in [0.1, 0.15) is 10.4 Å². The van der Waals surface area contributed by atoms with Crippen LogP contribution in [0.2, 0.25) is 0 Å². The van der Waals surface area contributed by atoms with E-state index in [1.54, 1.807) is 12.3 Å². The molecule has 0 radical (unpaired) electrons. The van der Waals surface area contributed by atoms with Gasteiger partial charge >= 0.3 is 0 Å². The largest absolute Gasteiger partial charge is 0.378 e. The van der Waals surface area contributed by atoms with Crippen molar-refractivity contribution in [1.82, 2.24) is 10.3 Å². The molecule has 23 heavy (non-hydrogen) atoms. The minimum Gasteiger partial charge on any atom is -0.378 e. The lowest BCUT2D eigenvalue weighted by atomic mass is 10.1. The third kappa shape index (κ3) is 4.97. The van der Waals surface area contributed by atoms with Gasteiger partial charge in [-0.25, -0.2) is 9.37 Å². The molecule has 0 spiro atoms. The molecular weight excluding hydrogens is 341 g/mol. The normalized spacial score (nSPS) is 17.3. The average molecular weight is 358 g/mol. The van der Waals surface area contributed by atoms with Crippen molar-refractivity contribution in [3.05, 3.63) is 46.7 Å². The summed E-state index contributed by atoms with van der Waals surface area (Å²) in [6.07, 6.45) is 2.30. The van der Waals surface area contributed by atoms with Crippen molar-refractivity contribution in [1.29, 1.82) is 0 Å². The Morgan fingerprint density at radius 2 is 2.39 bits per heavy atom. The molecule has 8 heteroatoms. The van der Waals surface area contributed by atoms with Crippen molar-refractivity contribution in [3.8, 4) is 0 Å². The van der Waals surface area contributed by atoms with E-state index < -0.39 is 0 Å². The van der Waals surface area contributed by atoms with Gasteiger partial charge in [-0.15, -0.1) is 23.7 Å². The maximum absolute atomic E-state index is 13.2. The molecule has 1 aromatic heterocycles. The summed E-state index contributed by atoms with van der Waals surface area (Å²) in [6, 6.07) is 6.12. The minimum absolute atomic E-state index is 0. The summed E-state index contributed by atoms with van der Waals surface area (Å²) in [7, 11) is 0. The zero-order valence-electron chi connectivity index (χ0n) is 12.3. The van der Waals surface area contributed by atoms with Gasteiger partial charge in [-0.05, 0) is 17.7 Å². The molecule has 124 valence electrons.